The zero-order chi connectivity index (χ0) is 15.0. The van der Waals surface area contributed by atoms with Crippen LogP contribution in [-0.4, -0.2) is 30.7 Å². The van der Waals surface area contributed by atoms with E-state index in [2.05, 4.69) is 29.1 Å². The molecule has 0 atom stereocenters. The van der Waals surface area contributed by atoms with Crippen LogP contribution >= 0.6 is 0 Å². The molecule has 0 bridgehead atoms. The van der Waals surface area contributed by atoms with Crippen LogP contribution in [0.2, 0.25) is 0 Å². The molecule has 0 amide bonds. The fourth-order valence-electron chi connectivity index (χ4n) is 2.70. The molecule has 3 rings (SSSR count). The SMILES string of the molecule is CC(C)CCNc1ncnc2ccc3c(c12)CCS3(=O)=O. The second kappa shape index (κ2) is 5.26. The van der Waals surface area contributed by atoms with Crippen LogP contribution in [0.1, 0.15) is 25.8 Å². The average Bonchev–Trinajstić information content (AvgIpc) is 2.74. The lowest BCUT2D eigenvalue weighted by Crippen LogP contribution is -2.07. The van der Waals surface area contributed by atoms with Crippen molar-refractivity contribution in [3.05, 3.63) is 24.0 Å². The second-order valence-corrected chi connectivity index (χ2v) is 7.91. The summed E-state index contributed by atoms with van der Waals surface area (Å²) in [6.45, 7) is 5.16. The van der Waals surface area contributed by atoms with Crippen LogP contribution in [0.3, 0.4) is 0 Å². The van der Waals surface area contributed by atoms with Gasteiger partial charge >= 0.3 is 0 Å². The van der Waals surface area contributed by atoms with Crippen LogP contribution in [-0.2, 0) is 16.3 Å². The number of anilines is 1. The summed E-state index contributed by atoms with van der Waals surface area (Å²) in [6.07, 6.45) is 3.11. The van der Waals surface area contributed by atoms with Crippen molar-refractivity contribution in [2.75, 3.05) is 17.6 Å². The molecule has 2 heterocycles. The molecule has 1 aromatic carbocycles. The molecule has 21 heavy (non-hydrogen) atoms. The molecule has 1 N–H and O–H groups in total. The van der Waals surface area contributed by atoms with Gasteiger partial charge in [0.05, 0.1) is 16.2 Å². The Morgan fingerprint density at radius 2 is 2.10 bits per heavy atom. The minimum atomic E-state index is -3.13. The van der Waals surface area contributed by atoms with Crippen molar-refractivity contribution < 1.29 is 8.42 Å². The molecular formula is C15H19N3O2S. The summed E-state index contributed by atoms with van der Waals surface area (Å²) < 4.78 is 24.1. The number of benzene rings is 1. The second-order valence-electron chi connectivity index (χ2n) is 5.84. The molecule has 0 aliphatic carbocycles. The first kappa shape index (κ1) is 14.3. The Bertz CT molecular complexity index is 785. The zero-order valence-electron chi connectivity index (χ0n) is 12.3. The van der Waals surface area contributed by atoms with Gasteiger partial charge in [-0.3, -0.25) is 0 Å². The Kier molecular flexibility index (Phi) is 3.57. The molecular weight excluding hydrogens is 286 g/mol. The molecule has 0 radical (unpaired) electrons. The number of rotatable bonds is 4. The van der Waals surface area contributed by atoms with Gasteiger partial charge in [0.25, 0.3) is 0 Å². The highest BCUT2D eigenvalue weighted by Crippen LogP contribution is 2.34. The summed E-state index contributed by atoms with van der Waals surface area (Å²) in [5.41, 5.74) is 1.66. The van der Waals surface area contributed by atoms with Crippen molar-refractivity contribution in [1.82, 2.24) is 9.97 Å². The number of hydrogen-bond donors (Lipinski definition) is 1. The third-order valence-corrected chi connectivity index (χ3v) is 5.63. The first-order valence-corrected chi connectivity index (χ1v) is 8.87. The molecule has 112 valence electrons. The summed E-state index contributed by atoms with van der Waals surface area (Å²) in [5, 5.41) is 4.19. The minimum Gasteiger partial charge on any atom is -0.369 e. The van der Waals surface area contributed by atoms with Crippen LogP contribution in [0.5, 0.6) is 0 Å². The van der Waals surface area contributed by atoms with E-state index in [-0.39, 0.29) is 5.75 Å². The average molecular weight is 305 g/mol. The number of nitrogens with one attached hydrogen (secondary N) is 1. The van der Waals surface area contributed by atoms with Crippen molar-refractivity contribution in [1.29, 1.82) is 0 Å². The molecule has 5 nitrogen and oxygen atoms in total. The number of aryl methyl sites for hydroxylation is 1. The molecule has 0 fully saturated rings. The van der Waals surface area contributed by atoms with Crippen LogP contribution < -0.4 is 5.32 Å². The summed E-state index contributed by atoms with van der Waals surface area (Å²) in [4.78, 5) is 9.02. The van der Waals surface area contributed by atoms with Gasteiger partial charge in [0.1, 0.15) is 12.1 Å². The maximum absolute atomic E-state index is 12.1. The molecule has 1 aliphatic heterocycles. The highest BCUT2D eigenvalue weighted by molar-refractivity contribution is 7.91. The Morgan fingerprint density at radius 1 is 1.29 bits per heavy atom. The Morgan fingerprint density at radius 3 is 2.86 bits per heavy atom. The molecule has 2 aromatic rings. The van der Waals surface area contributed by atoms with Crippen LogP contribution in [0.4, 0.5) is 5.82 Å². The van der Waals surface area contributed by atoms with Gasteiger partial charge in [0, 0.05) is 11.9 Å². The number of fused-ring (bicyclic) bond motifs is 3. The largest absolute Gasteiger partial charge is 0.369 e. The molecule has 1 aromatic heterocycles. The molecule has 6 heteroatoms. The summed E-state index contributed by atoms with van der Waals surface area (Å²) in [5.74, 6) is 1.54. The van der Waals surface area contributed by atoms with E-state index < -0.39 is 9.84 Å². The van der Waals surface area contributed by atoms with E-state index in [1.807, 2.05) is 0 Å². The van der Waals surface area contributed by atoms with E-state index in [0.717, 1.165) is 35.2 Å². The first-order chi connectivity index (χ1) is 9.99. The highest BCUT2D eigenvalue weighted by atomic mass is 32.2. The van der Waals surface area contributed by atoms with Gasteiger partial charge in [-0.05, 0) is 36.5 Å². The predicted molar refractivity (Wildman–Crippen MR) is 83.2 cm³/mol. The lowest BCUT2D eigenvalue weighted by Gasteiger charge is -2.12. The normalized spacial score (nSPS) is 16.3. The van der Waals surface area contributed by atoms with Gasteiger partial charge < -0.3 is 5.32 Å². The molecule has 0 unspecified atom stereocenters. The third kappa shape index (κ3) is 2.60. The van der Waals surface area contributed by atoms with Crippen molar-refractivity contribution in [3.63, 3.8) is 0 Å². The van der Waals surface area contributed by atoms with Crippen LogP contribution in [0.25, 0.3) is 10.9 Å². The first-order valence-electron chi connectivity index (χ1n) is 7.22. The van der Waals surface area contributed by atoms with E-state index in [9.17, 15) is 8.42 Å². The van der Waals surface area contributed by atoms with Crippen molar-refractivity contribution >= 4 is 26.6 Å². The van der Waals surface area contributed by atoms with Crippen molar-refractivity contribution in [2.45, 2.75) is 31.6 Å². The predicted octanol–water partition coefficient (Wildman–Crippen LogP) is 2.42. The van der Waals surface area contributed by atoms with Gasteiger partial charge in [-0.2, -0.15) is 0 Å². The van der Waals surface area contributed by atoms with Crippen LogP contribution in [0.15, 0.2) is 23.4 Å². The van der Waals surface area contributed by atoms with Crippen LogP contribution in [0, 0.1) is 5.92 Å². The lowest BCUT2D eigenvalue weighted by atomic mass is 10.1. The van der Waals surface area contributed by atoms with Gasteiger partial charge in [-0.25, -0.2) is 18.4 Å². The Labute approximate surface area is 124 Å². The van der Waals surface area contributed by atoms with Gasteiger partial charge in [0.2, 0.25) is 0 Å². The summed E-state index contributed by atoms with van der Waals surface area (Å²) in [6, 6.07) is 3.44. The van der Waals surface area contributed by atoms with E-state index in [0.29, 0.717) is 17.2 Å². The monoisotopic (exact) mass is 305 g/mol. The maximum Gasteiger partial charge on any atom is 0.179 e. The topological polar surface area (TPSA) is 72.0 Å². The quantitative estimate of drug-likeness (QED) is 0.939. The third-order valence-electron chi connectivity index (χ3n) is 3.84. The molecule has 0 saturated heterocycles. The van der Waals surface area contributed by atoms with E-state index in [1.54, 1.807) is 12.1 Å². The fourth-order valence-corrected chi connectivity index (χ4v) is 4.25. The lowest BCUT2D eigenvalue weighted by molar-refractivity contribution is 0.600. The maximum atomic E-state index is 12.1. The van der Waals surface area contributed by atoms with E-state index >= 15 is 0 Å². The summed E-state index contributed by atoms with van der Waals surface area (Å²) in [7, 11) is -3.13. The molecule has 0 saturated carbocycles. The minimum absolute atomic E-state index is 0.182. The van der Waals surface area contributed by atoms with Gasteiger partial charge in [-0.15, -0.1) is 0 Å². The summed E-state index contributed by atoms with van der Waals surface area (Å²) >= 11 is 0. The Balaban J connectivity index is 2.08. The van der Waals surface area contributed by atoms with Gasteiger partial charge in [0.15, 0.2) is 9.84 Å². The zero-order valence-corrected chi connectivity index (χ0v) is 13.1. The number of aromatic nitrogens is 2. The standard InChI is InChI=1S/C15H19N3O2S/c1-10(2)5-7-16-15-14-11-6-8-21(19,20)13(11)4-3-12(14)17-9-18-15/h3-4,9-10H,5-8H2,1-2H3,(H,16,17,18). The van der Waals surface area contributed by atoms with Crippen molar-refractivity contribution in [2.24, 2.45) is 5.92 Å². The molecule has 1 aliphatic rings. The van der Waals surface area contributed by atoms with E-state index in [4.69, 9.17) is 0 Å². The van der Waals surface area contributed by atoms with Gasteiger partial charge in [-0.1, -0.05) is 13.8 Å². The fraction of sp³-hybridized carbons (Fsp3) is 0.467. The molecule has 0 spiro atoms. The number of nitrogens with zero attached hydrogens (tertiary/aromatic N) is 2. The smallest absolute Gasteiger partial charge is 0.179 e. The van der Waals surface area contributed by atoms with E-state index in [1.165, 1.54) is 6.33 Å². The Hall–Kier alpha value is -1.69. The highest BCUT2D eigenvalue weighted by Gasteiger charge is 2.29. The number of hydrogen-bond acceptors (Lipinski definition) is 5. The van der Waals surface area contributed by atoms with Crippen molar-refractivity contribution in [3.8, 4) is 0 Å². The number of sulfone groups is 1.